The van der Waals surface area contributed by atoms with Gasteiger partial charge in [0.1, 0.15) is 0 Å². The van der Waals surface area contributed by atoms with Gasteiger partial charge in [0, 0.05) is 5.41 Å². The number of rotatable bonds is 6. The van der Waals surface area contributed by atoms with Gasteiger partial charge >= 0.3 is 0 Å². The van der Waals surface area contributed by atoms with Gasteiger partial charge in [-0.15, -0.1) is 0 Å². The molecule has 0 heterocycles. The number of unbranched alkanes of at least 4 members (excludes halogenated alkanes) is 2. The predicted molar refractivity (Wildman–Crippen MR) is 68.9 cm³/mol. The molecule has 0 nitrogen and oxygen atoms in total. The first-order valence-electron chi connectivity index (χ1n) is 6.59. The highest BCUT2D eigenvalue weighted by molar-refractivity contribution is 5.19. The van der Waals surface area contributed by atoms with Gasteiger partial charge in [-0.25, -0.2) is 0 Å². The fourth-order valence-corrected chi connectivity index (χ4v) is 2.16. The van der Waals surface area contributed by atoms with E-state index in [1.807, 2.05) is 0 Å². The zero-order valence-corrected chi connectivity index (χ0v) is 10.6. The van der Waals surface area contributed by atoms with Crippen molar-refractivity contribution in [2.75, 3.05) is 0 Å². The molecule has 1 aliphatic rings. The lowest BCUT2D eigenvalue weighted by Gasteiger charge is -2.26. The summed E-state index contributed by atoms with van der Waals surface area (Å²) in [5.41, 5.74) is 0.346. The molecular formula is C15H26. The summed E-state index contributed by atoms with van der Waals surface area (Å²) >= 11 is 0. The lowest BCUT2D eigenvalue weighted by Crippen LogP contribution is -2.14. The molecular weight excluding hydrogens is 180 g/mol. The van der Waals surface area contributed by atoms with Gasteiger partial charge in [0.05, 0.1) is 0 Å². The average Bonchev–Trinajstić information content (AvgIpc) is 2.26. The van der Waals surface area contributed by atoms with Crippen molar-refractivity contribution in [2.24, 2.45) is 11.3 Å². The van der Waals surface area contributed by atoms with Crippen molar-refractivity contribution < 1.29 is 0 Å². The van der Waals surface area contributed by atoms with Crippen LogP contribution >= 0.6 is 0 Å². The van der Waals surface area contributed by atoms with E-state index in [0.29, 0.717) is 11.3 Å². The normalized spacial score (nSPS) is 29.7. The molecule has 0 saturated carbocycles. The highest BCUT2D eigenvalue weighted by Crippen LogP contribution is 2.33. The Morgan fingerprint density at radius 3 is 2.13 bits per heavy atom. The van der Waals surface area contributed by atoms with Crippen LogP contribution in [0.5, 0.6) is 0 Å². The maximum absolute atomic E-state index is 2.43. The van der Waals surface area contributed by atoms with E-state index in [-0.39, 0.29) is 0 Å². The number of hydrogen-bond donors (Lipinski definition) is 0. The maximum Gasteiger partial charge on any atom is 0.00331 e. The van der Waals surface area contributed by atoms with Crippen molar-refractivity contribution in [1.29, 1.82) is 0 Å². The third-order valence-corrected chi connectivity index (χ3v) is 3.41. The molecule has 86 valence electrons. The third kappa shape index (κ3) is 4.24. The summed E-state index contributed by atoms with van der Waals surface area (Å²) in [5, 5.41) is 0. The van der Waals surface area contributed by atoms with Crippen LogP contribution in [0.25, 0.3) is 0 Å². The van der Waals surface area contributed by atoms with Gasteiger partial charge in [0.15, 0.2) is 0 Å². The van der Waals surface area contributed by atoms with Gasteiger partial charge in [-0.3, -0.25) is 0 Å². The summed E-state index contributed by atoms with van der Waals surface area (Å²) in [6, 6.07) is 0. The third-order valence-electron chi connectivity index (χ3n) is 3.41. The summed E-state index contributed by atoms with van der Waals surface area (Å²) in [4.78, 5) is 0. The van der Waals surface area contributed by atoms with Crippen molar-refractivity contribution in [3.05, 3.63) is 24.3 Å². The second-order valence-corrected chi connectivity index (χ2v) is 5.13. The lowest BCUT2D eigenvalue weighted by atomic mass is 9.79. The van der Waals surface area contributed by atoms with Crippen molar-refractivity contribution in [1.82, 2.24) is 0 Å². The van der Waals surface area contributed by atoms with E-state index in [4.69, 9.17) is 0 Å². The van der Waals surface area contributed by atoms with E-state index >= 15 is 0 Å². The van der Waals surface area contributed by atoms with E-state index < -0.39 is 0 Å². The minimum atomic E-state index is 0.346. The van der Waals surface area contributed by atoms with E-state index in [1.165, 1.54) is 38.5 Å². The Morgan fingerprint density at radius 2 is 1.60 bits per heavy atom. The van der Waals surface area contributed by atoms with Crippen molar-refractivity contribution in [2.45, 2.75) is 59.3 Å². The molecule has 0 aromatic heterocycles. The van der Waals surface area contributed by atoms with Gasteiger partial charge in [-0.1, -0.05) is 70.8 Å². The molecule has 0 aliphatic heterocycles. The second kappa shape index (κ2) is 6.15. The molecule has 1 rings (SSSR count). The number of allylic oxidation sites excluding steroid dienone is 4. The molecule has 0 aromatic carbocycles. The molecule has 0 amide bonds. The van der Waals surface area contributed by atoms with Crippen LogP contribution in [0.2, 0.25) is 0 Å². The van der Waals surface area contributed by atoms with Crippen molar-refractivity contribution >= 4 is 0 Å². The smallest absolute Gasteiger partial charge is 0.00331 e. The van der Waals surface area contributed by atoms with Crippen LogP contribution < -0.4 is 0 Å². The van der Waals surface area contributed by atoms with Crippen LogP contribution in [0.1, 0.15) is 59.3 Å². The van der Waals surface area contributed by atoms with Gasteiger partial charge in [-0.2, -0.15) is 0 Å². The first-order chi connectivity index (χ1) is 7.20. The van der Waals surface area contributed by atoms with Gasteiger partial charge in [0.2, 0.25) is 0 Å². The first kappa shape index (κ1) is 12.5. The van der Waals surface area contributed by atoms with E-state index in [2.05, 4.69) is 45.1 Å². The monoisotopic (exact) mass is 206 g/mol. The molecule has 0 radical (unpaired) electrons. The van der Waals surface area contributed by atoms with E-state index in [0.717, 1.165) is 0 Å². The highest BCUT2D eigenvalue weighted by Gasteiger charge is 2.20. The van der Waals surface area contributed by atoms with Crippen molar-refractivity contribution in [3.8, 4) is 0 Å². The van der Waals surface area contributed by atoms with E-state index in [1.54, 1.807) is 0 Å². The fourth-order valence-electron chi connectivity index (χ4n) is 2.16. The minimum Gasteiger partial charge on any atom is -0.0808 e. The summed E-state index contributed by atoms with van der Waals surface area (Å²) < 4.78 is 0. The Kier molecular flexibility index (Phi) is 5.14. The van der Waals surface area contributed by atoms with Gasteiger partial charge in [-0.05, 0) is 18.8 Å². The van der Waals surface area contributed by atoms with Crippen LogP contribution in [0.3, 0.4) is 0 Å². The van der Waals surface area contributed by atoms with Gasteiger partial charge < -0.3 is 0 Å². The zero-order chi connectivity index (χ0) is 11.1. The van der Waals surface area contributed by atoms with Crippen LogP contribution in [0.15, 0.2) is 24.3 Å². The molecule has 0 N–H and O–H groups in total. The molecule has 0 unspecified atom stereocenters. The second-order valence-electron chi connectivity index (χ2n) is 5.13. The average molecular weight is 206 g/mol. The number of hydrogen-bond acceptors (Lipinski definition) is 0. The summed E-state index contributed by atoms with van der Waals surface area (Å²) in [6.45, 7) is 6.89. The predicted octanol–water partition coefficient (Wildman–Crippen LogP) is 5.12. The lowest BCUT2D eigenvalue weighted by molar-refractivity contribution is 0.458. The standard InChI is InChI=1S/C15H26/c1-4-6-8-14-9-12-15(3,13-10-14)11-7-5-2/h9-10,12-14H,4-8,11H2,1-3H3. The Hall–Kier alpha value is -0.520. The minimum absolute atomic E-state index is 0.346. The van der Waals surface area contributed by atoms with Crippen LogP contribution in [-0.4, -0.2) is 0 Å². The molecule has 0 atom stereocenters. The maximum atomic E-state index is 2.43. The first-order valence-corrected chi connectivity index (χ1v) is 6.59. The van der Waals surface area contributed by atoms with Gasteiger partial charge in [0.25, 0.3) is 0 Å². The molecule has 0 heteroatoms. The molecule has 0 bridgehead atoms. The Labute approximate surface area is 95.5 Å². The fraction of sp³-hybridized carbons (Fsp3) is 0.733. The molecule has 15 heavy (non-hydrogen) atoms. The highest BCUT2D eigenvalue weighted by atomic mass is 14.2. The molecule has 1 aliphatic carbocycles. The van der Waals surface area contributed by atoms with E-state index in [9.17, 15) is 0 Å². The molecule has 0 spiro atoms. The zero-order valence-electron chi connectivity index (χ0n) is 10.6. The quantitative estimate of drug-likeness (QED) is 0.529. The SMILES string of the molecule is CCCCC1C=CC(C)(CCCC)C=C1. The topological polar surface area (TPSA) is 0 Å². The molecule has 0 fully saturated rings. The van der Waals surface area contributed by atoms with Crippen LogP contribution in [-0.2, 0) is 0 Å². The summed E-state index contributed by atoms with van der Waals surface area (Å²) in [5.74, 6) is 0.708. The Balaban J connectivity index is 2.39. The summed E-state index contributed by atoms with van der Waals surface area (Å²) in [7, 11) is 0. The largest absolute Gasteiger partial charge is 0.0808 e. The van der Waals surface area contributed by atoms with Crippen LogP contribution in [0.4, 0.5) is 0 Å². The summed E-state index contributed by atoms with van der Waals surface area (Å²) in [6.07, 6.45) is 17.6. The van der Waals surface area contributed by atoms with Crippen molar-refractivity contribution in [3.63, 3.8) is 0 Å². The molecule has 0 aromatic rings. The Morgan fingerprint density at radius 1 is 1.00 bits per heavy atom. The van der Waals surface area contributed by atoms with Crippen LogP contribution in [0, 0.1) is 11.3 Å². The molecule has 0 saturated heterocycles. The Bertz CT molecular complexity index is 208.